The van der Waals surface area contributed by atoms with E-state index in [1.165, 1.54) is 11.3 Å². The van der Waals surface area contributed by atoms with E-state index in [1.807, 2.05) is 24.5 Å². The van der Waals surface area contributed by atoms with Gasteiger partial charge >= 0.3 is 0 Å². The van der Waals surface area contributed by atoms with Gasteiger partial charge in [-0.2, -0.15) is 0 Å². The third-order valence-electron chi connectivity index (χ3n) is 3.27. The van der Waals surface area contributed by atoms with Gasteiger partial charge in [0.05, 0.1) is 6.54 Å². The zero-order valence-corrected chi connectivity index (χ0v) is 12.2. The van der Waals surface area contributed by atoms with Crippen molar-refractivity contribution in [2.24, 2.45) is 0 Å². The Bertz CT molecular complexity index is 567. The average Bonchev–Trinajstić information content (AvgIpc) is 2.85. The van der Waals surface area contributed by atoms with Crippen LogP contribution in [0.25, 0.3) is 0 Å². The van der Waals surface area contributed by atoms with Crippen LogP contribution in [0.4, 0.5) is 5.69 Å². The molecule has 0 aliphatic carbocycles. The number of rotatable bonds is 2. The molecule has 0 saturated carbocycles. The van der Waals surface area contributed by atoms with Crippen molar-refractivity contribution in [1.82, 2.24) is 9.55 Å². The highest BCUT2D eigenvalue weighted by Gasteiger charge is 2.18. The third kappa shape index (κ3) is 2.15. The molecule has 5 heteroatoms. The Kier molecular flexibility index (Phi) is 3.31. The van der Waals surface area contributed by atoms with Crippen molar-refractivity contribution in [1.29, 1.82) is 0 Å². The summed E-state index contributed by atoms with van der Waals surface area (Å²) in [5.41, 5.74) is 2.47. The van der Waals surface area contributed by atoms with Gasteiger partial charge in [-0.3, -0.25) is 0 Å². The van der Waals surface area contributed by atoms with Crippen molar-refractivity contribution in [3.63, 3.8) is 0 Å². The van der Waals surface area contributed by atoms with E-state index in [4.69, 9.17) is 11.6 Å². The van der Waals surface area contributed by atoms with Crippen molar-refractivity contribution < 1.29 is 0 Å². The van der Waals surface area contributed by atoms with Crippen LogP contribution in [0.5, 0.6) is 0 Å². The molecule has 2 heterocycles. The molecule has 1 aromatic carbocycles. The molecule has 1 aliphatic heterocycles. The fourth-order valence-corrected chi connectivity index (χ4v) is 2.99. The lowest BCUT2D eigenvalue weighted by Crippen LogP contribution is -2.34. The normalized spacial score (nSPS) is 14.7. The maximum Gasteiger partial charge on any atom is 0.128 e. The van der Waals surface area contributed by atoms with E-state index in [0.717, 1.165) is 35.8 Å². The summed E-state index contributed by atoms with van der Waals surface area (Å²) >= 11 is 9.57. The second kappa shape index (κ2) is 4.94. The van der Waals surface area contributed by atoms with Gasteiger partial charge in [-0.15, -0.1) is 0 Å². The summed E-state index contributed by atoms with van der Waals surface area (Å²) in [4.78, 5) is 6.75. The number of fused-ring (bicyclic) bond motifs is 1. The van der Waals surface area contributed by atoms with Gasteiger partial charge in [0, 0.05) is 41.5 Å². The van der Waals surface area contributed by atoms with Gasteiger partial charge in [-0.1, -0.05) is 27.5 Å². The number of nitrogens with zero attached hydrogens (tertiary/aromatic N) is 3. The number of benzene rings is 1. The predicted octanol–water partition coefficient (Wildman–Crippen LogP) is 3.45. The van der Waals surface area contributed by atoms with Crippen molar-refractivity contribution in [3.8, 4) is 0 Å². The van der Waals surface area contributed by atoms with Crippen LogP contribution in [0.3, 0.4) is 0 Å². The van der Waals surface area contributed by atoms with Gasteiger partial charge in [0.2, 0.25) is 0 Å². The lowest BCUT2D eigenvalue weighted by Gasteiger charge is -2.31. The lowest BCUT2D eigenvalue weighted by atomic mass is 10.1. The Labute approximate surface area is 120 Å². The molecule has 0 fully saturated rings. The van der Waals surface area contributed by atoms with Crippen LogP contribution in [0.1, 0.15) is 11.4 Å². The zero-order chi connectivity index (χ0) is 12.5. The van der Waals surface area contributed by atoms with E-state index < -0.39 is 0 Å². The number of hydrogen-bond donors (Lipinski definition) is 0. The molecule has 0 amide bonds. The Morgan fingerprint density at radius 1 is 1.33 bits per heavy atom. The Morgan fingerprint density at radius 3 is 3.06 bits per heavy atom. The molecule has 0 bridgehead atoms. The molecule has 2 aromatic rings. The summed E-state index contributed by atoms with van der Waals surface area (Å²) in [5, 5.41) is 1.60. The molecule has 3 nitrogen and oxygen atoms in total. The van der Waals surface area contributed by atoms with Gasteiger partial charge in [-0.05, 0) is 23.8 Å². The fraction of sp³-hybridized carbons (Fsp3) is 0.308. The molecular weight excluding hydrogens is 314 g/mol. The standard InChI is InChI=1S/C13H13BrClN3/c14-8-10-7-11(15)1-2-12(10)18-6-5-17-4-3-16-13(17)9-18/h1-4,7H,5-6,8-9H2. The Balaban J connectivity index is 1.93. The minimum atomic E-state index is 0.784. The van der Waals surface area contributed by atoms with Crippen LogP contribution >= 0.6 is 27.5 Å². The molecule has 0 saturated heterocycles. The summed E-state index contributed by atoms with van der Waals surface area (Å²) in [5.74, 6) is 1.12. The maximum absolute atomic E-state index is 6.04. The molecule has 0 N–H and O–H groups in total. The van der Waals surface area contributed by atoms with E-state index in [-0.39, 0.29) is 0 Å². The molecule has 94 valence electrons. The van der Waals surface area contributed by atoms with Gasteiger partial charge < -0.3 is 9.47 Å². The summed E-state index contributed by atoms with van der Waals surface area (Å²) in [6.07, 6.45) is 3.91. The first-order valence-electron chi connectivity index (χ1n) is 5.87. The van der Waals surface area contributed by atoms with Crippen LogP contribution in [0, 0.1) is 0 Å². The second-order valence-corrected chi connectivity index (χ2v) is 5.36. The SMILES string of the molecule is Clc1ccc(N2CCn3ccnc3C2)c(CBr)c1. The highest BCUT2D eigenvalue weighted by Crippen LogP contribution is 2.28. The number of halogens is 2. The van der Waals surface area contributed by atoms with Crippen molar-refractivity contribution in [3.05, 3.63) is 47.0 Å². The third-order valence-corrected chi connectivity index (χ3v) is 4.11. The first-order chi connectivity index (χ1) is 8.78. The van der Waals surface area contributed by atoms with Gasteiger partial charge in [0.25, 0.3) is 0 Å². The summed E-state index contributed by atoms with van der Waals surface area (Å²) in [7, 11) is 0. The first kappa shape index (κ1) is 12.1. The molecular formula is C13H13BrClN3. The zero-order valence-electron chi connectivity index (χ0n) is 9.81. The smallest absolute Gasteiger partial charge is 0.128 e. The lowest BCUT2D eigenvalue weighted by molar-refractivity contribution is 0.559. The second-order valence-electron chi connectivity index (χ2n) is 4.37. The maximum atomic E-state index is 6.04. The van der Waals surface area contributed by atoms with Crippen LogP contribution < -0.4 is 4.90 Å². The van der Waals surface area contributed by atoms with Crippen LogP contribution in [-0.2, 0) is 18.4 Å². The van der Waals surface area contributed by atoms with Crippen LogP contribution in [0.2, 0.25) is 5.02 Å². The minimum Gasteiger partial charge on any atom is -0.362 e. The molecule has 18 heavy (non-hydrogen) atoms. The predicted molar refractivity (Wildman–Crippen MR) is 77.4 cm³/mol. The largest absolute Gasteiger partial charge is 0.362 e. The summed E-state index contributed by atoms with van der Waals surface area (Å²) in [6.45, 7) is 2.85. The van der Waals surface area contributed by atoms with E-state index in [9.17, 15) is 0 Å². The molecule has 0 radical (unpaired) electrons. The highest BCUT2D eigenvalue weighted by atomic mass is 79.9. The van der Waals surface area contributed by atoms with Crippen LogP contribution in [0.15, 0.2) is 30.6 Å². The van der Waals surface area contributed by atoms with E-state index in [1.54, 1.807) is 0 Å². The number of aromatic nitrogens is 2. The van der Waals surface area contributed by atoms with Gasteiger partial charge in [0.15, 0.2) is 0 Å². The molecule has 1 aromatic heterocycles. The molecule has 0 atom stereocenters. The number of alkyl halides is 1. The monoisotopic (exact) mass is 325 g/mol. The summed E-state index contributed by atoms with van der Waals surface area (Å²) < 4.78 is 2.21. The number of hydrogen-bond acceptors (Lipinski definition) is 2. The van der Waals surface area contributed by atoms with E-state index in [2.05, 4.69) is 36.4 Å². The summed E-state index contributed by atoms with van der Waals surface area (Å²) in [6, 6.07) is 6.06. The molecule has 0 spiro atoms. The Morgan fingerprint density at radius 2 is 2.22 bits per heavy atom. The first-order valence-corrected chi connectivity index (χ1v) is 7.37. The average molecular weight is 327 g/mol. The topological polar surface area (TPSA) is 21.1 Å². The fourth-order valence-electron chi connectivity index (χ4n) is 2.35. The molecule has 3 rings (SSSR count). The van der Waals surface area contributed by atoms with Crippen molar-refractivity contribution in [2.45, 2.75) is 18.4 Å². The molecule has 0 unspecified atom stereocenters. The number of anilines is 1. The van der Waals surface area contributed by atoms with Crippen molar-refractivity contribution in [2.75, 3.05) is 11.4 Å². The minimum absolute atomic E-state index is 0.784. The number of imidazole rings is 1. The van der Waals surface area contributed by atoms with Gasteiger partial charge in [0.1, 0.15) is 5.82 Å². The van der Waals surface area contributed by atoms with Crippen LogP contribution in [-0.4, -0.2) is 16.1 Å². The van der Waals surface area contributed by atoms with Crippen molar-refractivity contribution >= 4 is 33.2 Å². The molecule has 1 aliphatic rings. The van der Waals surface area contributed by atoms with Gasteiger partial charge in [-0.25, -0.2) is 4.98 Å². The van der Waals surface area contributed by atoms with E-state index >= 15 is 0 Å². The quantitative estimate of drug-likeness (QED) is 0.788. The Hall–Kier alpha value is -1.00. The van der Waals surface area contributed by atoms with E-state index in [0.29, 0.717) is 0 Å². The highest BCUT2D eigenvalue weighted by molar-refractivity contribution is 9.08.